The Bertz CT molecular complexity index is 397. The van der Waals surface area contributed by atoms with Crippen molar-refractivity contribution >= 4 is 5.91 Å². The van der Waals surface area contributed by atoms with Crippen molar-refractivity contribution in [3.05, 3.63) is 35.4 Å². The van der Waals surface area contributed by atoms with Gasteiger partial charge in [-0.05, 0) is 43.5 Å². The summed E-state index contributed by atoms with van der Waals surface area (Å²) in [7, 11) is 1.84. The molecule has 1 aliphatic heterocycles. The number of carbonyl (C=O) groups is 1. The molecule has 2 rings (SSSR count). The molecule has 1 aromatic carbocycles. The van der Waals surface area contributed by atoms with E-state index in [1.807, 2.05) is 32.2 Å². The third-order valence-corrected chi connectivity index (χ3v) is 3.49. The van der Waals surface area contributed by atoms with Gasteiger partial charge in [0.15, 0.2) is 0 Å². The average molecular weight is 232 g/mol. The molecule has 1 atom stereocenters. The average Bonchev–Trinajstić information content (AvgIpc) is 2.91. The number of nitrogens with one attached hydrogen (secondary N) is 1. The number of hydrogen-bond donors (Lipinski definition) is 1. The highest BCUT2D eigenvalue weighted by Gasteiger charge is 2.18. The van der Waals surface area contributed by atoms with Crippen LogP contribution in [0, 0.1) is 0 Å². The Hall–Kier alpha value is -1.35. The zero-order valence-electron chi connectivity index (χ0n) is 10.6. The molecule has 0 radical (unpaired) electrons. The Morgan fingerprint density at radius 1 is 1.53 bits per heavy atom. The van der Waals surface area contributed by atoms with Crippen LogP contribution < -0.4 is 5.32 Å². The van der Waals surface area contributed by atoms with Crippen LogP contribution in [0.25, 0.3) is 0 Å². The van der Waals surface area contributed by atoms with Crippen molar-refractivity contribution in [3.8, 4) is 0 Å². The second-order valence-electron chi connectivity index (χ2n) is 4.63. The van der Waals surface area contributed by atoms with Crippen LogP contribution in [0.4, 0.5) is 0 Å². The molecule has 0 aliphatic carbocycles. The first-order valence-corrected chi connectivity index (χ1v) is 6.28. The maximum Gasteiger partial charge on any atom is 0.253 e. The smallest absolute Gasteiger partial charge is 0.253 e. The van der Waals surface area contributed by atoms with E-state index in [9.17, 15) is 4.79 Å². The molecule has 3 nitrogen and oxygen atoms in total. The van der Waals surface area contributed by atoms with Crippen molar-refractivity contribution in [2.75, 3.05) is 26.7 Å². The van der Waals surface area contributed by atoms with Crippen LogP contribution in [0.1, 0.15) is 35.2 Å². The van der Waals surface area contributed by atoms with Crippen LogP contribution in [-0.4, -0.2) is 37.5 Å². The van der Waals surface area contributed by atoms with Crippen LogP contribution in [0.2, 0.25) is 0 Å². The maximum atomic E-state index is 12.1. The second-order valence-corrected chi connectivity index (χ2v) is 4.63. The van der Waals surface area contributed by atoms with Crippen LogP contribution >= 0.6 is 0 Å². The minimum absolute atomic E-state index is 0.111. The topological polar surface area (TPSA) is 32.3 Å². The fourth-order valence-corrected chi connectivity index (χ4v) is 2.23. The molecular weight excluding hydrogens is 212 g/mol. The minimum atomic E-state index is 0.111. The van der Waals surface area contributed by atoms with Gasteiger partial charge in [-0.25, -0.2) is 0 Å². The van der Waals surface area contributed by atoms with Gasteiger partial charge in [0.2, 0.25) is 0 Å². The molecule has 0 spiro atoms. The molecule has 1 unspecified atom stereocenters. The molecule has 3 heteroatoms. The standard InChI is InChI=1S/C14H20N2O/c1-3-16(2)14(17)12-6-4-5-11(9-12)13-7-8-15-10-13/h4-6,9,13,15H,3,7-8,10H2,1-2H3. The van der Waals surface area contributed by atoms with Gasteiger partial charge in [-0.2, -0.15) is 0 Å². The molecule has 17 heavy (non-hydrogen) atoms. The first kappa shape index (κ1) is 12.1. The third-order valence-electron chi connectivity index (χ3n) is 3.49. The van der Waals surface area contributed by atoms with Gasteiger partial charge in [0, 0.05) is 25.7 Å². The van der Waals surface area contributed by atoms with Gasteiger partial charge in [-0.15, -0.1) is 0 Å². The lowest BCUT2D eigenvalue weighted by Gasteiger charge is -2.16. The summed E-state index contributed by atoms with van der Waals surface area (Å²) in [4.78, 5) is 13.8. The molecule has 1 amide bonds. The number of hydrogen-bond acceptors (Lipinski definition) is 2. The number of rotatable bonds is 3. The van der Waals surface area contributed by atoms with E-state index in [1.54, 1.807) is 4.90 Å². The Morgan fingerprint density at radius 2 is 2.35 bits per heavy atom. The molecule has 1 fully saturated rings. The SMILES string of the molecule is CCN(C)C(=O)c1cccc(C2CCNC2)c1. The van der Waals surface area contributed by atoms with E-state index < -0.39 is 0 Å². The van der Waals surface area contributed by atoms with Gasteiger partial charge < -0.3 is 10.2 Å². The monoisotopic (exact) mass is 232 g/mol. The maximum absolute atomic E-state index is 12.1. The highest BCUT2D eigenvalue weighted by Crippen LogP contribution is 2.23. The summed E-state index contributed by atoms with van der Waals surface area (Å²) in [5, 5.41) is 3.36. The van der Waals surface area contributed by atoms with Gasteiger partial charge in [0.1, 0.15) is 0 Å². The van der Waals surface area contributed by atoms with Gasteiger partial charge >= 0.3 is 0 Å². The summed E-state index contributed by atoms with van der Waals surface area (Å²) in [6.45, 7) is 4.84. The van der Waals surface area contributed by atoms with Crippen molar-refractivity contribution in [3.63, 3.8) is 0 Å². The molecule has 1 saturated heterocycles. The molecule has 1 N–H and O–H groups in total. The van der Waals surface area contributed by atoms with Crippen LogP contribution in [-0.2, 0) is 0 Å². The van der Waals surface area contributed by atoms with Crippen molar-refractivity contribution in [2.45, 2.75) is 19.3 Å². The lowest BCUT2D eigenvalue weighted by Crippen LogP contribution is -2.26. The number of amides is 1. The fraction of sp³-hybridized carbons (Fsp3) is 0.500. The minimum Gasteiger partial charge on any atom is -0.342 e. The van der Waals surface area contributed by atoms with Crippen molar-refractivity contribution in [2.24, 2.45) is 0 Å². The molecule has 0 aromatic heterocycles. The summed E-state index contributed by atoms with van der Waals surface area (Å²) < 4.78 is 0. The molecule has 92 valence electrons. The van der Waals surface area contributed by atoms with Gasteiger partial charge in [-0.1, -0.05) is 12.1 Å². The van der Waals surface area contributed by atoms with E-state index >= 15 is 0 Å². The third kappa shape index (κ3) is 2.67. The summed E-state index contributed by atoms with van der Waals surface area (Å²) in [5.41, 5.74) is 2.09. The molecule has 1 heterocycles. The Balaban J connectivity index is 2.18. The molecule has 1 aromatic rings. The first-order chi connectivity index (χ1) is 8.22. The zero-order chi connectivity index (χ0) is 12.3. The second kappa shape index (κ2) is 5.32. The van der Waals surface area contributed by atoms with E-state index in [-0.39, 0.29) is 5.91 Å². The van der Waals surface area contributed by atoms with Crippen LogP contribution in [0.5, 0.6) is 0 Å². The van der Waals surface area contributed by atoms with Gasteiger partial charge in [-0.3, -0.25) is 4.79 Å². The number of nitrogens with zero attached hydrogens (tertiary/aromatic N) is 1. The molecule has 0 bridgehead atoms. The van der Waals surface area contributed by atoms with Gasteiger partial charge in [0.25, 0.3) is 5.91 Å². The van der Waals surface area contributed by atoms with Crippen LogP contribution in [0.15, 0.2) is 24.3 Å². The lowest BCUT2D eigenvalue weighted by molar-refractivity contribution is 0.0802. The largest absolute Gasteiger partial charge is 0.342 e. The van der Waals surface area contributed by atoms with Crippen molar-refractivity contribution in [1.29, 1.82) is 0 Å². The predicted octanol–water partition coefficient (Wildman–Crippen LogP) is 1.86. The Kier molecular flexibility index (Phi) is 3.79. The highest BCUT2D eigenvalue weighted by atomic mass is 16.2. The predicted molar refractivity (Wildman–Crippen MR) is 69.3 cm³/mol. The normalized spacial score (nSPS) is 19.3. The van der Waals surface area contributed by atoms with E-state index in [1.165, 1.54) is 12.0 Å². The highest BCUT2D eigenvalue weighted by molar-refractivity contribution is 5.94. The van der Waals surface area contributed by atoms with E-state index in [0.717, 1.165) is 25.2 Å². The Labute approximate surface area is 103 Å². The van der Waals surface area contributed by atoms with Crippen LogP contribution in [0.3, 0.4) is 0 Å². The number of carbonyl (C=O) groups excluding carboxylic acids is 1. The molecule has 1 aliphatic rings. The van der Waals surface area contributed by atoms with E-state index in [2.05, 4.69) is 11.4 Å². The summed E-state index contributed by atoms with van der Waals surface area (Å²) in [6.07, 6.45) is 1.17. The van der Waals surface area contributed by atoms with Gasteiger partial charge in [0.05, 0.1) is 0 Å². The number of benzene rings is 1. The van der Waals surface area contributed by atoms with E-state index in [0.29, 0.717) is 5.92 Å². The van der Waals surface area contributed by atoms with Crippen molar-refractivity contribution < 1.29 is 4.79 Å². The Morgan fingerprint density at radius 3 is 3.00 bits per heavy atom. The lowest BCUT2D eigenvalue weighted by atomic mass is 9.96. The first-order valence-electron chi connectivity index (χ1n) is 6.28. The fourth-order valence-electron chi connectivity index (χ4n) is 2.23. The van der Waals surface area contributed by atoms with Crippen molar-refractivity contribution in [1.82, 2.24) is 10.2 Å². The van der Waals surface area contributed by atoms with E-state index in [4.69, 9.17) is 0 Å². The summed E-state index contributed by atoms with van der Waals surface area (Å²) in [5.74, 6) is 0.676. The molecule has 0 saturated carbocycles. The molecular formula is C14H20N2O. The quantitative estimate of drug-likeness (QED) is 0.862. The zero-order valence-corrected chi connectivity index (χ0v) is 10.6. The summed E-state index contributed by atoms with van der Waals surface area (Å²) in [6, 6.07) is 8.07. The summed E-state index contributed by atoms with van der Waals surface area (Å²) >= 11 is 0.